The highest BCUT2D eigenvalue weighted by Crippen LogP contribution is 2.93. The molecular formula is C28H27N3O3. The summed E-state index contributed by atoms with van der Waals surface area (Å²) in [6, 6.07) is 13.7. The van der Waals surface area contributed by atoms with Crippen LogP contribution in [0.5, 0.6) is 0 Å². The third-order valence-corrected chi connectivity index (χ3v) is 8.07. The lowest BCUT2D eigenvalue weighted by Gasteiger charge is -2.21. The fraction of sp³-hybridized carbons (Fsp3) is 0.321. The van der Waals surface area contributed by atoms with Crippen LogP contribution in [-0.2, 0) is 11.3 Å². The minimum atomic E-state index is -0.709. The molecule has 2 aromatic heterocycles. The first-order valence-electron chi connectivity index (χ1n) is 11.8. The Balaban J connectivity index is 1.27. The molecule has 3 aliphatic rings. The fourth-order valence-corrected chi connectivity index (χ4v) is 5.87. The first-order valence-corrected chi connectivity index (χ1v) is 11.8. The van der Waals surface area contributed by atoms with Crippen molar-refractivity contribution in [3.8, 4) is 0 Å². The van der Waals surface area contributed by atoms with Gasteiger partial charge in [-0.05, 0) is 62.9 Å². The Bertz CT molecular complexity index is 1390. The molecular weight excluding hydrogens is 426 g/mol. The Morgan fingerprint density at radius 3 is 2.62 bits per heavy atom. The smallest absolute Gasteiger partial charge is 0.310 e. The van der Waals surface area contributed by atoms with Gasteiger partial charge in [0.2, 0.25) is 0 Å². The molecule has 6 rings (SSSR count). The lowest BCUT2D eigenvalue weighted by molar-refractivity contribution is -0.141. The molecule has 0 bridgehead atoms. The van der Waals surface area contributed by atoms with Gasteiger partial charge >= 0.3 is 5.97 Å². The molecule has 0 radical (unpaired) electrons. The standard InChI is InChI=1S/C28H27N3O3/c1-2-3-4-8-20-9-6-10-21(29-20)16-31-15-12-19-7-5-11-22(23(19)31)24(32)30-28(13-14-28)27-17-26(27,18-27)25(33)34/h2-12,15H,13-14,16-18H2,1H3,(H,30,32)(H,33,34)/b3-2-,8-4-. The number of pyridine rings is 1. The molecule has 2 N–H and O–H groups in total. The SMILES string of the molecule is C/C=C\C=C/c1cccc(Cn2ccc3cccc(C(=O)NC4(C56CC5(C(=O)O)C6)CC4)c32)n1. The first kappa shape index (κ1) is 20.9. The van der Waals surface area contributed by atoms with Crippen molar-refractivity contribution in [3.63, 3.8) is 0 Å². The molecule has 3 aromatic rings. The van der Waals surface area contributed by atoms with Crippen molar-refractivity contribution in [2.24, 2.45) is 10.8 Å². The van der Waals surface area contributed by atoms with Crippen LogP contribution in [0.25, 0.3) is 17.0 Å². The summed E-state index contributed by atoms with van der Waals surface area (Å²) in [7, 11) is 0. The van der Waals surface area contributed by atoms with E-state index in [4.69, 9.17) is 4.98 Å². The maximum absolute atomic E-state index is 13.5. The number of aliphatic carboxylic acids is 1. The van der Waals surface area contributed by atoms with E-state index in [1.165, 1.54) is 0 Å². The Morgan fingerprint density at radius 2 is 1.91 bits per heavy atom. The summed E-state index contributed by atoms with van der Waals surface area (Å²) >= 11 is 0. The van der Waals surface area contributed by atoms with Gasteiger partial charge < -0.3 is 15.0 Å². The number of carboxylic acid groups (broad SMARTS) is 1. The largest absolute Gasteiger partial charge is 0.481 e. The summed E-state index contributed by atoms with van der Waals surface area (Å²) in [4.78, 5) is 29.9. The normalized spacial score (nSPS) is 26.0. The van der Waals surface area contributed by atoms with Gasteiger partial charge in [0.15, 0.2) is 0 Å². The van der Waals surface area contributed by atoms with E-state index >= 15 is 0 Å². The zero-order valence-electron chi connectivity index (χ0n) is 19.1. The molecule has 6 nitrogen and oxygen atoms in total. The van der Waals surface area contributed by atoms with Gasteiger partial charge in [-0.1, -0.05) is 36.4 Å². The van der Waals surface area contributed by atoms with Crippen molar-refractivity contribution in [1.29, 1.82) is 0 Å². The summed E-state index contributed by atoms with van der Waals surface area (Å²) in [6.07, 6.45) is 13.0. The predicted octanol–water partition coefficient (Wildman–Crippen LogP) is 4.80. The summed E-state index contributed by atoms with van der Waals surface area (Å²) in [6.45, 7) is 2.53. The number of nitrogens with zero attached hydrogens (tertiary/aromatic N) is 2. The first-order chi connectivity index (χ1) is 16.4. The molecule has 1 amide bonds. The summed E-state index contributed by atoms with van der Waals surface area (Å²) in [5, 5.41) is 13.9. The van der Waals surface area contributed by atoms with Crippen LogP contribution in [0.3, 0.4) is 0 Å². The lowest BCUT2D eigenvalue weighted by Crippen LogP contribution is -2.41. The number of carbonyl (C=O) groups is 2. The van der Waals surface area contributed by atoms with Gasteiger partial charge in [-0.15, -0.1) is 0 Å². The molecule has 0 atom stereocenters. The molecule has 3 aliphatic carbocycles. The van der Waals surface area contributed by atoms with Crippen molar-refractivity contribution >= 4 is 28.9 Å². The second kappa shape index (κ2) is 7.16. The Hall–Kier alpha value is -3.67. The Kier molecular flexibility index (Phi) is 4.40. The maximum atomic E-state index is 13.5. The number of carboxylic acids is 1. The van der Waals surface area contributed by atoms with E-state index in [2.05, 4.69) is 9.88 Å². The van der Waals surface area contributed by atoms with Crippen LogP contribution >= 0.6 is 0 Å². The van der Waals surface area contributed by atoms with Crippen molar-refractivity contribution in [2.45, 2.75) is 44.7 Å². The monoisotopic (exact) mass is 453 g/mol. The molecule has 1 aromatic carbocycles. The van der Waals surface area contributed by atoms with Crippen molar-refractivity contribution in [2.75, 3.05) is 0 Å². The zero-order valence-corrected chi connectivity index (χ0v) is 19.1. The van der Waals surface area contributed by atoms with Gasteiger partial charge in [0, 0.05) is 22.5 Å². The van der Waals surface area contributed by atoms with Gasteiger partial charge in [0.25, 0.3) is 5.91 Å². The topological polar surface area (TPSA) is 84.2 Å². The Labute approximate surface area is 198 Å². The van der Waals surface area contributed by atoms with Gasteiger partial charge in [0.1, 0.15) is 0 Å². The molecule has 2 heterocycles. The molecule has 3 saturated carbocycles. The van der Waals surface area contributed by atoms with Crippen LogP contribution in [0.1, 0.15) is 54.4 Å². The second-order valence-electron chi connectivity index (χ2n) is 9.98. The number of hydrogen-bond donors (Lipinski definition) is 2. The van der Waals surface area contributed by atoms with Crippen molar-refractivity contribution < 1.29 is 14.7 Å². The number of benzene rings is 1. The second-order valence-corrected chi connectivity index (χ2v) is 9.98. The highest BCUT2D eigenvalue weighted by molar-refractivity contribution is 6.06. The fourth-order valence-electron chi connectivity index (χ4n) is 5.87. The zero-order chi connectivity index (χ0) is 23.6. The van der Waals surface area contributed by atoms with Gasteiger partial charge in [0.05, 0.1) is 34.4 Å². The number of allylic oxidation sites excluding steroid dienone is 3. The van der Waals surface area contributed by atoms with E-state index in [1.54, 1.807) is 0 Å². The summed E-state index contributed by atoms with van der Waals surface area (Å²) in [5.41, 5.74) is 2.14. The van der Waals surface area contributed by atoms with Crippen LogP contribution in [0.15, 0.2) is 66.9 Å². The van der Waals surface area contributed by atoms with E-state index < -0.39 is 11.4 Å². The number of fused-ring (bicyclic) bond motifs is 2. The predicted molar refractivity (Wildman–Crippen MR) is 130 cm³/mol. The van der Waals surface area contributed by atoms with Crippen LogP contribution in [0.2, 0.25) is 0 Å². The van der Waals surface area contributed by atoms with Gasteiger partial charge in [-0.3, -0.25) is 14.6 Å². The van der Waals surface area contributed by atoms with Gasteiger partial charge in [-0.2, -0.15) is 0 Å². The van der Waals surface area contributed by atoms with Crippen LogP contribution in [-0.4, -0.2) is 32.1 Å². The number of carbonyl (C=O) groups excluding carboxylic acids is 1. The molecule has 172 valence electrons. The lowest BCUT2D eigenvalue weighted by atomic mass is 10.0. The number of amides is 1. The van der Waals surface area contributed by atoms with Crippen LogP contribution in [0, 0.1) is 10.8 Å². The Morgan fingerprint density at radius 1 is 1.12 bits per heavy atom. The molecule has 3 fully saturated rings. The molecule has 34 heavy (non-hydrogen) atoms. The molecule has 0 unspecified atom stereocenters. The third kappa shape index (κ3) is 2.98. The summed E-state index contributed by atoms with van der Waals surface area (Å²) in [5.74, 6) is -0.828. The molecule has 0 spiro atoms. The molecule has 0 saturated heterocycles. The van der Waals surface area contributed by atoms with Crippen molar-refractivity contribution in [3.05, 3.63) is 83.8 Å². The van der Waals surface area contributed by atoms with Crippen LogP contribution < -0.4 is 5.32 Å². The highest BCUT2D eigenvalue weighted by Gasteiger charge is 2.95. The van der Waals surface area contributed by atoms with E-state index in [1.807, 2.05) is 79.9 Å². The quantitative estimate of drug-likeness (QED) is 0.480. The van der Waals surface area contributed by atoms with Gasteiger partial charge in [-0.25, -0.2) is 0 Å². The number of para-hydroxylation sites is 1. The average Bonchev–Trinajstić information content (AvgIpc) is 3.73. The molecule has 6 heteroatoms. The van der Waals surface area contributed by atoms with E-state index in [0.29, 0.717) is 24.9 Å². The van der Waals surface area contributed by atoms with Crippen molar-refractivity contribution in [1.82, 2.24) is 14.9 Å². The highest BCUT2D eigenvalue weighted by atomic mass is 16.4. The van der Waals surface area contributed by atoms with E-state index in [0.717, 1.165) is 35.1 Å². The summed E-state index contributed by atoms with van der Waals surface area (Å²) < 4.78 is 2.07. The number of aromatic nitrogens is 2. The van der Waals surface area contributed by atoms with E-state index in [9.17, 15) is 14.7 Å². The van der Waals surface area contributed by atoms with E-state index in [-0.39, 0.29) is 16.9 Å². The minimum Gasteiger partial charge on any atom is -0.481 e. The minimum absolute atomic E-state index is 0.119. The van der Waals surface area contributed by atoms with Crippen LogP contribution in [0.4, 0.5) is 0 Å². The third-order valence-electron chi connectivity index (χ3n) is 8.07. The number of rotatable bonds is 8. The molecule has 0 aliphatic heterocycles. The average molecular weight is 454 g/mol. The number of hydrogen-bond acceptors (Lipinski definition) is 3. The maximum Gasteiger partial charge on any atom is 0.310 e. The number of nitrogens with one attached hydrogen (secondary N) is 1.